The van der Waals surface area contributed by atoms with Gasteiger partial charge in [-0.3, -0.25) is 9.78 Å². The van der Waals surface area contributed by atoms with Crippen molar-refractivity contribution in [2.24, 2.45) is 4.36 Å². The van der Waals surface area contributed by atoms with Crippen molar-refractivity contribution in [1.29, 1.82) is 0 Å². The Kier molecular flexibility index (Phi) is 6.36. The van der Waals surface area contributed by atoms with Crippen molar-refractivity contribution in [3.05, 3.63) is 65.4 Å². The molecule has 0 bridgehead atoms. The van der Waals surface area contributed by atoms with Gasteiger partial charge in [-0.1, -0.05) is 23.7 Å². The molecular weight excluding hydrogens is 534 g/mol. The van der Waals surface area contributed by atoms with Crippen LogP contribution in [0.3, 0.4) is 0 Å². The third-order valence-electron chi connectivity index (χ3n) is 6.38. The Balaban J connectivity index is 1.22. The average Bonchev–Trinajstić information content (AvgIpc) is 3.60. The highest BCUT2D eigenvalue weighted by molar-refractivity contribution is 7.93. The fourth-order valence-corrected chi connectivity index (χ4v) is 5.82. The number of fused-ring (bicyclic) bond motifs is 2. The summed E-state index contributed by atoms with van der Waals surface area (Å²) in [6.45, 7) is 0.478. The van der Waals surface area contributed by atoms with Crippen molar-refractivity contribution in [3.63, 3.8) is 0 Å². The Morgan fingerprint density at radius 2 is 1.97 bits per heavy atom. The lowest BCUT2D eigenvalue weighted by atomic mass is 10.1. The number of hydrogen-bond acceptors (Lipinski definition) is 9. The maximum absolute atomic E-state index is 12.9. The van der Waals surface area contributed by atoms with E-state index in [-0.39, 0.29) is 30.9 Å². The van der Waals surface area contributed by atoms with Gasteiger partial charge in [0.2, 0.25) is 0 Å². The van der Waals surface area contributed by atoms with Gasteiger partial charge in [0.05, 0.1) is 44.1 Å². The van der Waals surface area contributed by atoms with Crippen LogP contribution in [0, 0.1) is 0 Å². The molecule has 2 aliphatic rings. The Hall–Kier alpha value is -3.42. The number of benzene rings is 1. The normalized spacial score (nSPS) is 24.2. The third kappa shape index (κ3) is 4.65. The predicted molar refractivity (Wildman–Crippen MR) is 138 cm³/mol. The summed E-state index contributed by atoms with van der Waals surface area (Å²) in [5.74, 6) is -0.603. The van der Waals surface area contributed by atoms with Crippen LogP contribution >= 0.6 is 11.6 Å². The van der Waals surface area contributed by atoms with Gasteiger partial charge in [0.25, 0.3) is 11.9 Å². The van der Waals surface area contributed by atoms with E-state index in [1.165, 1.54) is 12.5 Å². The van der Waals surface area contributed by atoms with E-state index in [9.17, 15) is 14.1 Å². The molecule has 0 saturated carbocycles. The molecule has 2 saturated heterocycles. The molecule has 11 nitrogen and oxygen atoms in total. The molecule has 13 heteroatoms. The Labute approximate surface area is 222 Å². The molecule has 0 spiro atoms. The van der Waals surface area contributed by atoms with Gasteiger partial charge in [0, 0.05) is 29.8 Å². The number of carbonyl (C=O) groups is 1. The summed E-state index contributed by atoms with van der Waals surface area (Å²) >= 11 is 6.52. The van der Waals surface area contributed by atoms with Crippen molar-refractivity contribution in [2.45, 2.75) is 29.3 Å². The minimum atomic E-state index is -2.94. The van der Waals surface area contributed by atoms with E-state index in [0.717, 1.165) is 0 Å². The Morgan fingerprint density at radius 1 is 1.18 bits per heavy atom. The first-order chi connectivity index (χ1) is 18.3. The van der Waals surface area contributed by atoms with Gasteiger partial charge < -0.3 is 24.3 Å². The van der Waals surface area contributed by atoms with Crippen molar-refractivity contribution in [2.75, 3.05) is 19.5 Å². The number of imidazole rings is 1. The highest BCUT2D eigenvalue weighted by atomic mass is 35.5. The van der Waals surface area contributed by atoms with Crippen LogP contribution in [0.25, 0.3) is 22.4 Å². The molecule has 38 heavy (non-hydrogen) atoms. The number of hydrogen-bond donors (Lipinski definition) is 2. The van der Waals surface area contributed by atoms with Crippen LogP contribution in [-0.4, -0.2) is 79.0 Å². The highest BCUT2D eigenvalue weighted by Gasteiger charge is 2.48. The number of aromatic amines is 1. The monoisotopic (exact) mass is 555 g/mol. The molecule has 3 unspecified atom stereocenters. The highest BCUT2D eigenvalue weighted by Crippen LogP contribution is 2.32. The Morgan fingerprint density at radius 3 is 2.74 bits per heavy atom. The van der Waals surface area contributed by atoms with Crippen LogP contribution in [0.1, 0.15) is 10.4 Å². The molecular formula is C25H22ClN5O6S. The van der Waals surface area contributed by atoms with Crippen LogP contribution in [0.15, 0.2) is 64.1 Å². The summed E-state index contributed by atoms with van der Waals surface area (Å²) in [6.07, 6.45) is 2.52. The van der Waals surface area contributed by atoms with Gasteiger partial charge in [-0.15, -0.1) is 0 Å². The maximum atomic E-state index is 12.9. The second kappa shape index (κ2) is 9.71. The topological polar surface area (TPSA) is 149 Å². The molecule has 3 aromatic heterocycles. The summed E-state index contributed by atoms with van der Waals surface area (Å²) in [6, 6.07) is 11.7. The number of ether oxygens (including phenoxy) is 3. The van der Waals surface area contributed by atoms with Crippen LogP contribution in [0.2, 0.25) is 5.02 Å². The molecule has 196 valence electrons. The molecule has 1 aromatic carbocycles. The number of nitrogens with one attached hydrogen (secondary N) is 1. The lowest BCUT2D eigenvalue weighted by Crippen LogP contribution is -2.34. The fraction of sp³-hybridized carbons (Fsp3) is 0.280. The van der Waals surface area contributed by atoms with E-state index in [1.54, 1.807) is 48.7 Å². The number of rotatable bonds is 5. The van der Waals surface area contributed by atoms with Crippen LogP contribution in [-0.2, 0) is 19.2 Å². The zero-order chi connectivity index (χ0) is 26.4. The zero-order valence-corrected chi connectivity index (χ0v) is 21.6. The van der Waals surface area contributed by atoms with E-state index in [1.807, 2.05) is 0 Å². The van der Waals surface area contributed by atoms with Gasteiger partial charge >= 0.3 is 0 Å². The van der Waals surface area contributed by atoms with E-state index in [0.29, 0.717) is 32.3 Å². The number of aliphatic hydroxyl groups excluding tert-OH is 1. The first-order valence-electron chi connectivity index (χ1n) is 11.7. The van der Waals surface area contributed by atoms with Crippen LogP contribution < -0.4 is 4.74 Å². The molecule has 2 fully saturated rings. The van der Waals surface area contributed by atoms with Crippen molar-refractivity contribution in [3.8, 4) is 17.3 Å². The summed E-state index contributed by atoms with van der Waals surface area (Å²) in [4.78, 5) is 29.1. The second-order valence-electron chi connectivity index (χ2n) is 9.02. The van der Waals surface area contributed by atoms with E-state index in [2.05, 4.69) is 24.3 Å². The largest absolute Gasteiger partial charge is 0.456 e. The van der Waals surface area contributed by atoms with Gasteiger partial charge in [-0.2, -0.15) is 9.35 Å². The molecule has 5 heterocycles. The zero-order valence-electron chi connectivity index (χ0n) is 20.0. The Bertz CT molecular complexity index is 1640. The number of H-pyrrole nitrogens is 1. The minimum absolute atomic E-state index is 0.205. The van der Waals surface area contributed by atoms with Gasteiger partial charge in [-0.05, 0) is 30.3 Å². The standard InChI is InChI=1S/C25H22ClN5O6S/c1-38(34,15-3-2-8-27-10-15)31-24(33)14-6-4-13(5-7-14)20-16(26)9-17-23(29-20)30-25(28-17)37-19-12-36-21-18(32)11-35-22(19)21/h2-10,18-19,21-22,32H,11-12H2,1H3,(H,28,29,30)/t18-,19-,21?,22?,38?/m1/s1. The number of amides is 1. The minimum Gasteiger partial charge on any atom is -0.456 e. The lowest BCUT2D eigenvalue weighted by Gasteiger charge is -2.15. The molecule has 4 aromatic rings. The summed E-state index contributed by atoms with van der Waals surface area (Å²) in [5.41, 5.74) is 2.36. The third-order valence-corrected chi connectivity index (χ3v) is 8.30. The first kappa shape index (κ1) is 24.9. The second-order valence-corrected chi connectivity index (χ2v) is 11.7. The molecule has 5 atom stereocenters. The van der Waals surface area contributed by atoms with E-state index < -0.39 is 33.9 Å². The van der Waals surface area contributed by atoms with Gasteiger partial charge in [-0.25, -0.2) is 9.19 Å². The van der Waals surface area contributed by atoms with E-state index >= 15 is 0 Å². The molecule has 6 rings (SSSR count). The summed E-state index contributed by atoms with van der Waals surface area (Å²) < 4.78 is 34.0. The first-order valence-corrected chi connectivity index (χ1v) is 14.0. The lowest BCUT2D eigenvalue weighted by molar-refractivity contribution is 0.00706. The SMILES string of the molecule is CS(=O)(=NC(=O)c1ccc(-c2nc3nc(O[C@@H]4COC5C4OC[C@H]5O)[nH]c3cc2Cl)cc1)c1cccnc1. The number of aliphatic hydroxyl groups is 1. The van der Waals surface area contributed by atoms with Gasteiger partial charge in [0.1, 0.15) is 18.3 Å². The quantitative estimate of drug-likeness (QED) is 0.379. The molecule has 2 N–H and O–H groups in total. The summed E-state index contributed by atoms with van der Waals surface area (Å²) in [7, 11) is -2.94. The van der Waals surface area contributed by atoms with Crippen LogP contribution in [0.5, 0.6) is 6.01 Å². The number of pyridine rings is 2. The average molecular weight is 556 g/mol. The summed E-state index contributed by atoms with van der Waals surface area (Å²) in [5, 5.41) is 10.3. The molecule has 2 aliphatic heterocycles. The molecule has 0 aliphatic carbocycles. The number of halogens is 1. The number of aromatic nitrogens is 4. The fourth-order valence-electron chi connectivity index (χ4n) is 4.45. The van der Waals surface area contributed by atoms with Crippen molar-refractivity contribution < 1.29 is 28.3 Å². The van der Waals surface area contributed by atoms with E-state index in [4.69, 9.17) is 25.8 Å². The molecule has 0 radical (unpaired) electrons. The van der Waals surface area contributed by atoms with Gasteiger partial charge in [0.15, 0.2) is 11.8 Å². The number of carbonyl (C=O) groups excluding carboxylic acids is 1. The molecule has 1 amide bonds. The smallest absolute Gasteiger partial charge is 0.296 e. The van der Waals surface area contributed by atoms with Crippen molar-refractivity contribution >= 4 is 38.4 Å². The maximum Gasteiger partial charge on any atom is 0.296 e. The van der Waals surface area contributed by atoms with Crippen LogP contribution in [0.4, 0.5) is 0 Å². The predicted octanol–water partition coefficient (Wildman–Crippen LogP) is 2.88. The number of nitrogens with zero attached hydrogens (tertiary/aromatic N) is 4. The van der Waals surface area contributed by atoms with Crippen molar-refractivity contribution in [1.82, 2.24) is 19.9 Å².